The van der Waals surface area contributed by atoms with Gasteiger partial charge in [-0.15, -0.1) is 0 Å². The van der Waals surface area contributed by atoms with Crippen LogP contribution in [0.2, 0.25) is 0 Å². The number of hydrogen-bond acceptors (Lipinski definition) is 3. The smallest absolute Gasteiger partial charge is 0.399 e. The van der Waals surface area contributed by atoms with E-state index in [-0.39, 0.29) is 18.3 Å². The van der Waals surface area contributed by atoms with E-state index < -0.39 is 0 Å². The first-order chi connectivity index (χ1) is 8.77. The van der Waals surface area contributed by atoms with Crippen molar-refractivity contribution in [2.45, 2.75) is 45.5 Å². The Morgan fingerprint density at radius 1 is 1.16 bits per heavy atom. The van der Waals surface area contributed by atoms with Crippen molar-refractivity contribution >= 4 is 28.5 Å². The minimum atomic E-state index is -0.351. The van der Waals surface area contributed by atoms with Crippen LogP contribution in [-0.2, 0) is 20.7 Å². The van der Waals surface area contributed by atoms with Gasteiger partial charge in [0, 0.05) is 11.6 Å². The predicted molar refractivity (Wildman–Crippen MR) is 80.6 cm³/mol. The quantitative estimate of drug-likeness (QED) is 0.799. The Morgan fingerprint density at radius 2 is 1.74 bits per heavy atom. The molecule has 1 saturated heterocycles. The Hall–Kier alpha value is -0.355. The Kier molecular flexibility index (Phi) is 4.12. The summed E-state index contributed by atoms with van der Waals surface area (Å²) < 4.78 is 18.3. The first kappa shape index (κ1) is 15.0. The molecule has 0 aliphatic carbocycles. The summed E-state index contributed by atoms with van der Waals surface area (Å²) in [4.78, 5) is 0. The van der Waals surface area contributed by atoms with Gasteiger partial charge in [-0.1, -0.05) is 28.1 Å². The second-order valence-electron chi connectivity index (χ2n) is 5.88. The zero-order valence-corrected chi connectivity index (χ0v) is 13.7. The fraction of sp³-hybridized carbons (Fsp3) is 0.571. The maximum Gasteiger partial charge on any atom is 0.496 e. The lowest BCUT2D eigenvalue weighted by Gasteiger charge is -2.32. The van der Waals surface area contributed by atoms with Gasteiger partial charge in [0.05, 0.1) is 17.8 Å². The van der Waals surface area contributed by atoms with Crippen LogP contribution in [0.3, 0.4) is 0 Å². The van der Waals surface area contributed by atoms with Crippen molar-refractivity contribution in [3.63, 3.8) is 0 Å². The Morgan fingerprint density at radius 3 is 2.26 bits per heavy atom. The third kappa shape index (κ3) is 2.89. The van der Waals surface area contributed by atoms with Gasteiger partial charge in [0.15, 0.2) is 0 Å². The standard InChI is InChI=1S/C14H20BBrO3/c1-13(2)14(3,4)19-15(18-13)11-8-10(9-17-5)6-7-12(11)16/h6-8H,9H2,1-5H3. The number of methoxy groups -OCH3 is 1. The Balaban J connectivity index is 2.31. The van der Waals surface area contributed by atoms with Crippen molar-refractivity contribution in [2.75, 3.05) is 7.11 Å². The van der Waals surface area contributed by atoms with Crippen LogP contribution in [0.25, 0.3) is 0 Å². The topological polar surface area (TPSA) is 27.7 Å². The molecule has 0 aromatic heterocycles. The van der Waals surface area contributed by atoms with Crippen LogP contribution in [-0.4, -0.2) is 25.4 Å². The van der Waals surface area contributed by atoms with Crippen LogP contribution in [0.5, 0.6) is 0 Å². The molecule has 0 bridgehead atoms. The highest BCUT2D eigenvalue weighted by Crippen LogP contribution is 2.37. The van der Waals surface area contributed by atoms with E-state index in [4.69, 9.17) is 14.0 Å². The van der Waals surface area contributed by atoms with Gasteiger partial charge in [0.2, 0.25) is 0 Å². The van der Waals surface area contributed by atoms with Crippen LogP contribution in [0.15, 0.2) is 22.7 Å². The summed E-state index contributed by atoms with van der Waals surface area (Å²) in [5.41, 5.74) is 1.46. The van der Waals surface area contributed by atoms with E-state index in [1.165, 1.54) is 0 Å². The largest absolute Gasteiger partial charge is 0.496 e. The van der Waals surface area contributed by atoms with Crippen molar-refractivity contribution in [3.05, 3.63) is 28.2 Å². The first-order valence-electron chi connectivity index (χ1n) is 6.40. The molecule has 1 aromatic rings. The molecule has 19 heavy (non-hydrogen) atoms. The molecular weight excluding hydrogens is 307 g/mol. The molecule has 1 fully saturated rings. The summed E-state index contributed by atoms with van der Waals surface area (Å²) in [7, 11) is 1.34. The lowest BCUT2D eigenvalue weighted by Crippen LogP contribution is -2.41. The number of benzene rings is 1. The summed E-state index contributed by atoms with van der Waals surface area (Å²) in [5.74, 6) is 0. The number of halogens is 1. The molecule has 1 aliphatic rings. The minimum Gasteiger partial charge on any atom is -0.399 e. The normalized spacial score (nSPS) is 20.8. The molecular formula is C14H20BBrO3. The molecule has 1 heterocycles. The average molecular weight is 327 g/mol. The van der Waals surface area contributed by atoms with Crippen molar-refractivity contribution in [1.29, 1.82) is 0 Å². The van der Waals surface area contributed by atoms with Crippen LogP contribution in [0.1, 0.15) is 33.3 Å². The minimum absolute atomic E-state index is 0.325. The fourth-order valence-corrected chi connectivity index (χ4v) is 2.43. The lowest BCUT2D eigenvalue weighted by atomic mass is 9.78. The highest BCUT2D eigenvalue weighted by Gasteiger charge is 2.52. The first-order valence-corrected chi connectivity index (χ1v) is 7.19. The Bertz CT molecular complexity index is 458. The molecule has 0 spiro atoms. The van der Waals surface area contributed by atoms with E-state index in [0.717, 1.165) is 15.5 Å². The monoisotopic (exact) mass is 326 g/mol. The van der Waals surface area contributed by atoms with Crippen molar-refractivity contribution < 1.29 is 14.0 Å². The highest BCUT2D eigenvalue weighted by atomic mass is 79.9. The Labute approximate surface area is 123 Å². The second-order valence-corrected chi connectivity index (χ2v) is 6.73. The third-order valence-corrected chi connectivity index (χ3v) is 4.60. The van der Waals surface area contributed by atoms with Crippen LogP contribution in [0, 0.1) is 0 Å². The summed E-state index contributed by atoms with van der Waals surface area (Å²) in [5, 5.41) is 0. The SMILES string of the molecule is COCc1ccc(Br)c(B2OC(C)(C)C(C)(C)O2)c1. The molecule has 0 saturated carbocycles. The molecule has 1 aliphatic heterocycles. The second kappa shape index (κ2) is 5.21. The average Bonchev–Trinajstić information content (AvgIpc) is 2.51. The maximum absolute atomic E-state index is 6.07. The highest BCUT2D eigenvalue weighted by molar-refractivity contribution is 9.10. The zero-order chi connectivity index (χ0) is 14.3. The van der Waals surface area contributed by atoms with Crippen LogP contribution < -0.4 is 5.46 Å². The van der Waals surface area contributed by atoms with E-state index >= 15 is 0 Å². The van der Waals surface area contributed by atoms with Crippen molar-refractivity contribution in [1.82, 2.24) is 0 Å². The van der Waals surface area contributed by atoms with E-state index in [2.05, 4.69) is 49.7 Å². The lowest BCUT2D eigenvalue weighted by molar-refractivity contribution is 0.00578. The zero-order valence-electron chi connectivity index (χ0n) is 12.1. The molecule has 0 atom stereocenters. The molecule has 5 heteroatoms. The number of ether oxygens (including phenoxy) is 1. The molecule has 0 radical (unpaired) electrons. The van der Waals surface area contributed by atoms with E-state index in [0.29, 0.717) is 6.61 Å². The summed E-state index contributed by atoms with van der Waals surface area (Å²) in [6.07, 6.45) is 0. The maximum atomic E-state index is 6.07. The van der Waals surface area contributed by atoms with E-state index in [1.54, 1.807) is 7.11 Å². The summed E-state index contributed by atoms with van der Waals surface area (Å²) >= 11 is 3.57. The van der Waals surface area contributed by atoms with E-state index in [1.807, 2.05) is 12.1 Å². The van der Waals surface area contributed by atoms with E-state index in [9.17, 15) is 0 Å². The number of rotatable bonds is 3. The molecule has 0 unspecified atom stereocenters. The van der Waals surface area contributed by atoms with Gasteiger partial charge >= 0.3 is 7.12 Å². The van der Waals surface area contributed by atoms with Gasteiger partial charge < -0.3 is 14.0 Å². The van der Waals surface area contributed by atoms with Gasteiger partial charge in [-0.05, 0) is 44.8 Å². The number of hydrogen-bond donors (Lipinski definition) is 0. The summed E-state index contributed by atoms with van der Waals surface area (Å²) in [6, 6.07) is 6.10. The third-order valence-electron chi connectivity index (χ3n) is 3.88. The molecule has 0 N–H and O–H groups in total. The molecule has 1 aromatic carbocycles. The van der Waals surface area contributed by atoms with Gasteiger partial charge in [0.1, 0.15) is 0 Å². The molecule has 104 valence electrons. The van der Waals surface area contributed by atoms with Gasteiger partial charge in [0.25, 0.3) is 0 Å². The summed E-state index contributed by atoms with van der Waals surface area (Å²) in [6.45, 7) is 8.80. The predicted octanol–water partition coefficient (Wildman–Crippen LogP) is 2.89. The van der Waals surface area contributed by atoms with Crippen molar-refractivity contribution in [2.24, 2.45) is 0 Å². The van der Waals surface area contributed by atoms with Crippen LogP contribution >= 0.6 is 15.9 Å². The van der Waals surface area contributed by atoms with Gasteiger partial charge in [-0.3, -0.25) is 0 Å². The van der Waals surface area contributed by atoms with Gasteiger partial charge in [-0.25, -0.2) is 0 Å². The molecule has 0 amide bonds. The molecule has 2 rings (SSSR count). The fourth-order valence-electron chi connectivity index (χ4n) is 2.00. The van der Waals surface area contributed by atoms with Crippen LogP contribution in [0.4, 0.5) is 0 Å². The van der Waals surface area contributed by atoms with Gasteiger partial charge in [-0.2, -0.15) is 0 Å². The van der Waals surface area contributed by atoms with Crippen molar-refractivity contribution in [3.8, 4) is 0 Å². The molecule has 3 nitrogen and oxygen atoms in total.